The molecule has 1 aromatic carbocycles. The lowest BCUT2D eigenvalue weighted by atomic mass is 10.1. The zero-order valence-corrected chi connectivity index (χ0v) is 13.4. The van der Waals surface area contributed by atoms with E-state index in [1.54, 1.807) is 0 Å². The monoisotopic (exact) mass is 282 g/mol. The lowest BCUT2D eigenvalue weighted by Gasteiger charge is -2.28. The Kier molecular flexibility index (Phi) is 7.44. The molecule has 0 heterocycles. The van der Waals surface area contributed by atoms with Crippen LogP contribution in [0.1, 0.15) is 38.8 Å². The largest absolute Gasteiger partial charge is 0.316 e. The van der Waals surface area contributed by atoms with E-state index in [0.717, 1.165) is 24.7 Å². The fourth-order valence-electron chi connectivity index (χ4n) is 2.29. The molecule has 108 valence electrons. The van der Waals surface area contributed by atoms with Gasteiger partial charge in [-0.05, 0) is 51.0 Å². The number of nitrogens with one attached hydrogen (secondary N) is 1. The van der Waals surface area contributed by atoms with Crippen molar-refractivity contribution in [3.63, 3.8) is 0 Å². The van der Waals surface area contributed by atoms with Crippen LogP contribution < -0.4 is 5.32 Å². The first-order valence-electron chi connectivity index (χ1n) is 7.21. The smallest absolute Gasteiger partial charge is 0.0453 e. The van der Waals surface area contributed by atoms with Crippen LogP contribution >= 0.6 is 11.6 Å². The number of benzene rings is 1. The van der Waals surface area contributed by atoms with Crippen molar-refractivity contribution in [2.24, 2.45) is 5.92 Å². The summed E-state index contributed by atoms with van der Waals surface area (Å²) >= 11 is 6.26. The second-order valence-electron chi connectivity index (χ2n) is 5.45. The molecule has 0 spiro atoms. The van der Waals surface area contributed by atoms with Crippen molar-refractivity contribution in [1.82, 2.24) is 10.2 Å². The molecule has 1 aromatic rings. The number of hydrogen-bond donors (Lipinski definition) is 1. The van der Waals surface area contributed by atoms with E-state index in [0.29, 0.717) is 12.0 Å². The van der Waals surface area contributed by atoms with Crippen LogP contribution in [0.15, 0.2) is 24.3 Å². The molecular weight excluding hydrogens is 256 g/mol. The Morgan fingerprint density at radius 3 is 2.58 bits per heavy atom. The van der Waals surface area contributed by atoms with Gasteiger partial charge in [0.2, 0.25) is 0 Å². The highest BCUT2D eigenvalue weighted by Gasteiger charge is 2.16. The van der Waals surface area contributed by atoms with Gasteiger partial charge < -0.3 is 5.32 Å². The van der Waals surface area contributed by atoms with Crippen molar-refractivity contribution in [2.45, 2.75) is 33.2 Å². The molecule has 1 N–H and O–H groups in total. The second kappa shape index (κ2) is 8.57. The van der Waals surface area contributed by atoms with Gasteiger partial charge in [0.1, 0.15) is 0 Å². The van der Waals surface area contributed by atoms with Crippen LogP contribution in [0.25, 0.3) is 0 Å². The van der Waals surface area contributed by atoms with Gasteiger partial charge in [0.05, 0.1) is 0 Å². The van der Waals surface area contributed by atoms with Gasteiger partial charge in [-0.25, -0.2) is 0 Å². The zero-order valence-electron chi connectivity index (χ0n) is 12.6. The Labute approximate surface area is 123 Å². The quantitative estimate of drug-likeness (QED) is 0.726. The summed E-state index contributed by atoms with van der Waals surface area (Å²) in [6.45, 7) is 9.96. The third-order valence-electron chi connectivity index (χ3n) is 3.54. The van der Waals surface area contributed by atoms with Gasteiger partial charge in [-0.1, -0.05) is 43.6 Å². The number of halogens is 1. The predicted molar refractivity (Wildman–Crippen MR) is 84.8 cm³/mol. The normalized spacial score (nSPS) is 14.6. The summed E-state index contributed by atoms with van der Waals surface area (Å²) in [4.78, 5) is 2.37. The summed E-state index contributed by atoms with van der Waals surface area (Å²) in [5, 5.41) is 4.34. The molecule has 1 rings (SSSR count). The Morgan fingerprint density at radius 2 is 1.95 bits per heavy atom. The third-order valence-corrected chi connectivity index (χ3v) is 3.88. The summed E-state index contributed by atoms with van der Waals surface area (Å²) in [5.74, 6) is 0.640. The van der Waals surface area contributed by atoms with Crippen LogP contribution in [0.5, 0.6) is 0 Å². The SMILES string of the molecule is CCCNCC(C)CN(C)C(C)c1ccccc1Cl. The van der Waals surface area contributed by atoms with Gasteiger partial charge in [-0.3, -0.25) is 4.90 Å². The van der Waals surface area contributed by atoms with Crippen molar-refractivity contribution >= 4 is 11.6 Å². The molecule has 0 bridgehead atoms. The molecule has 0 fully saturated rings. The highest BCUT2D eigenvalue weighted by Crippen LogP contribution is 2.26. The maximum absolute atomic E-state index is 6.26. The van der Waals surface area contributed by atoms with Crippen LogP contribution in [0.2, 0.25) is 5.02 Å². The van der Waals surface area contributed by atoms with Crippen molar-refractivity contribution in [3.05, 3.63) is 34.9 Å². The Bertz CT molecular complexity index is 368. The first kappa shape index (κ1) is 16.5. The topological polar surface area (TPSA) is 15.3 Å². The predicted octanol–water partition coefficient (Wildman–Crippen LogP) is 3.97. The molecule has 2 nitrogen and oxygen atoms in total. The van der Waals surface area contributed by atoms with Gasteiger partial charge in [0.15, 0.2) is 0 Å². The number of rotatable bonds is 8. The van der Waals surface area contributed by atoms with Crippen molar-refractivity contribution in [1.29, 1.82) is 0 Å². The minimum atomic E-state index is 0.349. The van der Waals surface area contributed by atoms with Gasteiger partial charge >= 0.3 is 0 Å². The van der Waals surface area contributed by atoms with E-state index in [1.165, 1.54) is 12.0 Å². The van der Waals surface area contributed by atoms with E-state index < -0.39 is 0 Å². The fourth-order valence-corrected chi connectivity index (χ4v) is 2.58. The molecule has 0 aliphatic heterocycles. The van der Waals surface area contributed by atoms with Crippen molar-refractivity contribution in [3.8, 4) is 0 Å². The van der Waals surface area contributed by atoms with E-state index in [4.69, 9.17) is 11.6 Å². The molecule has 2 unspecified atom stereocenters. The molecule has 19 heavy (non-hydrogen) atoms. The molecule has 0 aliphatic rings. The van der Waals surface area contributed by atoms with Crippen LogP contribution in [-0.2, 0) is 0 Å². The maximum Gasteiger partial charge on any atom is 0.0453 e. The lowest BCUT2D eigenvalue weighted by molar-refractivity contribution is 0.224. The van der Waals surface area contributed by atoms with Crippen molar-refractivity contribution < 1.29 is 0 Å². The summed E-state index contributed by atoms with van der Waals surface area (Å²) in [7, 11) is 2.17. The van der Waals surface area contributed by atoms with E-state index in [1.807, 2.05) is 12.1 Å². The van der Waals surface area contributed by atoms with E-state index >= 15 is 0 Å². The maximum atomic E-state index is 6.26. The first-order valence-corrected chi connectivity index (χ1v) is 7.59. The van der Waals surface area contributed by atoms with E-state index in [9.17, 15) is 0 Å². The van der Waals surface area contributed by atoms with E-state index in [2.05, 4.69) is 50.2 Å². The van der Waals surface area contributed by atoms with Crippen LogP contribution in [0.3, 0.4) is 0 Å². The Hall–Kier alpha value is -0.570. The Morgan fingerprint density at radius 1 is 1.26 bits per heavy atom. The lowest BCUT2D eigenvalue weighted by Crippen LogP contribution is -2.33. The summed E-state index contributed by atoms with van der Waals surface area (Å²) in [5.41, 5.74) is 1.21. The zero-order chi connectivity index (χ0) is 14.3. The summed E-state index contributed by atoms with van der Waals surface area (Å²) in [6.07, 6.45) is 1.19. The standard InChI is InChI=1S/C16H27ClN2/c1-5-10-18-11-13(2)12-19(4)14(3)15-8-6-7-9-16(15)17/h6-9,13-14,18H,5,10-12H2,1-4H3. The third kappa shape index (κ3) is 5.52. The van der Waals surface area contributed by atoms with Gasteiger partial charge in [0.25, 0.3) is 0 Å². The second-order valence-corrected chi connectivity index (χ2v) is 5.85. The van der Waals surface area contributed by atoms with Crippen LogP contribution in [-0.4, -0.2) is 31.6 Å². The van der Waals surface area contributed by atoms with Gasteiger partial charge in [-0.2, -0.15) is 0 Å². The molecule has 2 atom stereocenters. The molecule has 3 heteroatoms. The molecule has 0 amide bonds. The molecular formula is C16H27ClN2. The van der Waals surface area contributed by atoms with Crippen LogP contribution in [0, 0.1) is 5.92 Å². The molecule has 0 saturated carbocycles. The molecule has 0 aromatic heterocycles. The highest BCUT2D eigenvalue weighted by atomic mass is 35.5. The fraction of sp³-hybridized carbons (Fsp3) is 0.625. The highest BCUT2D eigenvalue weighted by molar-refractivity contribution is 6.31. The van der Waals surface area contributed by atoms with Crippen molar-refractivity contribution in [2.75, 3.05) is 26.7 Å². The minimum absolute atomic E-state index is 0.349. The first-order chi connectivity index (χ1) is 9.06. The molecule has 0 radical (unpaired) electrons. The van der Waals surface area contributed by atoms with Crippen LogP contribution in [0.4, 0.5) is 0 Å². The number of hydrogen-bond acceptors (Lipinski definition) is 2. The average Bonchev–Trinajstić information content (AvgIpc) is 2.38. The molecule has 0 saturated heterocycles. The average molecular weight is 283 g/mol. The Balaban J connectivity index is 2.48. The van der Waals surface area contributed by atoms with Gasteiger partial charge in [-0.15, -0.1) is 0 Å². The summed E-state index contributed by atoms with van der Waals surface area (Å²) < 4.78 is 0. The minimum Gasteiger partial charge on any atom is -0.316 e. The molecule has 0 aliphatic carbocycles. The van der Waals surface area contributed by atoms with Gasteiger partial charge in [0, 0.05) is 17.6 Å². The van der Waals surface area contributed by atoms with E-state index in [-0.39, 0.29) is 0 Å². The number of nitrogens with zero attached hydrogens (tertiary/aromatic N) is 1. The summed E-state index contributed by atoms with van der Waals surface area (Å²) in [6, 6.07) is 8.47.